The normalized spacial score (nSPS) is 11.5. The van der Waals surface area contributed by atoms with E-state index in [1.165, 1.54) is 23.9 Å². The maximum Gasteiger partial charge on any atom is 0.330 e. The first-order chi connectivity index (χ1) is 20.9. The van der Waals surface area contributed by atoms with Crippen LogP contribution in [0.2, 0.25) is 0 Å². The zero-order valence-corrected chi connectivity index (χ0v) is 26.9. The van der Waals surface area contributed by atoms with Crippen LogP contribution in [0, 0.1) is 0 Å². The molecule has 2 aromatic carbocycles. The fourth-order valence-electron chi connectivity index (χ4n) is 2.93. The number of hydrogen-bond donors (Lipinski definition) is 3. The van der Waals surface area contributed by atoms with E-state index >= 15 is 0 Å². The molecule has 0 saturated heterocycles. The minimum atomic E-state index is -0.469. The minimum absolute atomic E-state index is 0.178. The van der Waals surface area contributed by atoms with Crippen LogP contribution in [0.5, 0.6) is 11.5 Å². The number of thiol groups is 2. The first-order valence-electron chi connectivity index (χ1n) is 13.0. The van der Waals surface area contributed by atoms with Gasteiger partial charge in [-0.25, -0.2) is 13.7 Å². The summed E-state index contributed by atoms with van der Waals surface area (Å²) in [6.07, 6.45) is 2.22. The molecule has 0 aliphatic carbocycles. The lowest BCUT2D eigenvalue weighted by Crippen LogP contribution is -2.12. The largest absolute Gasteiger partial charge is 0.491 e. The molecular formula is C30H35NO8S4. The summed E-state index contributed by atoms with van der Waals surface area (Å²) in [7, 11) is 0. The van der Waals surface area contributed by atoms with Crippen molar-refractivity contribution in [3.63, 3.8) is 0 Å². The summed E-state index contributed by atoms with van der Waals surface area (Å²) in [5, 5.41) is 3.80. The van der Waals surface area contributed by atoms with Gasteiger partial charge in [0, 0.05) is 32.8 Å². The summed E-state index contributed by atoms with van der Waals surface area (Å²) in [5.74, 6) is 0.494. The van der Waals surface area contributed by atoms with E-state index in [1.54, 1.807) is 0 Å². The molecule has 0 aliphatic rings. The maximum absolute atomic E-state index is 10.9. The Balaban J connectivity index is 1.61. The van der Waals surface area contributed by atoms with Gasteiger partial charge in [0.25, 0.3) is 0 Å². The first kappa shape index (κ1) is 36.4. The Morgan fingerprint density at radius 2 is 1.00 bits per heavy atom. The van der Waals surface area contributed by atoms with Crippen LogP contribution in [0.25, 0.3) is 9.81 Å². The molecular weight excluding hydrogens is 631 g/mol. The van der Waals surface area contributed by atoms with E-state index in [2.05, 4.69) is 42.5 Å². The predicted molar refractivity (Wildman–Crippen MR) is 180 cm³/mol. The van der Waals surface area contributed by atoms with Gasteiger partial charge in [0.15, 0.2) is 0 Å². The highest BCUT2D eigenvalue weighted by Crippen LogP contribution is 2.26. The van der Waals surface area contributed by atoms with Gasteiger partial charge in [0.05, 0.1) is 26.4 Å². The van der Waals surface area contributed by atoms with Crippen LogP contribution < -0.4 is 13.6 Å². The summed E-state index contributed by atoms with van der Waals surface area (Å²) in [6.45, 7) is 9.12. The summed E-state index contributed by atoms with van der Waals surface area (Å²) in [4.78, 5) is 23.5. The number of rotatable bonds is 22. The van der Waals surface area contributed by atoms with Gasteiger partial charge in [-0.2, -0.15) is 0 Å². The van der Waals surface area contributed by atoms with Crippen LogP contribution in [-0.2, 0) is 28.5 Å². The van der Waals surface area contributed by atoms with Crippen LogP contribution in [0.15, 0.2) is 84.7 Å². The molecule has 232 valence electrons. The van der Waals surface area contributed by atoms with E-state index in [4.69, 9.17) is 28.4 Å². The topological polar surface area (TPSA) is 102 Å². The van der Waals surface area contributed by atoms with Crippen molar-refractivity contribution in [3.8, 4) is 11.5 Å². The van der Waals surface area contributed by atoms with Crippen molar-refractivity contribution in [3.05, 3.63) is 95.8 Å². The number of carbonyl (C=O) groups excluding carboxylic acids is 2. The van der Waals surface area contributed by atoms with Crippen molar-refractivity contribution < 1.29 is 38.0 Å². The molecule has 1 N–H and O–H groups in total. The fraction of sp³-hybridized carbons (Fsp3) is 0.267. The lowest BCUT2D eigenvalue weighted by molar-refractivity contribution is -0.140. The van der Waals surface area contributed by atoms with Crippen molar-refractivity contribution in [2.24, 2.45) is 0 Å². The molecule has 0 atom stereocenters. The van der Waals surface area contributed by atoms with Gasteiger partial charge in [-0.3, -0.25) is 0 Å². The van der Waals surface area contributed by atoms with Gasteiger partial charge in [-0.05, 0) is 59.3 Å². The molecule has 0 heterocycles. The van der Waals surface area contributed by atoms with E-state index in [-0.39, 0.29) is 13.2 Å². The molecule has 0 bridgehead atoms. The molecule has 0 saturated carbocycles. The number of esters is 2. The third-order valence-electron chi connectivity index (χ3n) is 5.01. The van der Waals surface area contributed by atoms with Crippen LogP contribution >= 0.6 is 49.2 Å². The number of hydrogen-bond acceptors (Lipinski definition) is 13. The van der Waals surface area contributed by atoms with Gasteiger partial charge in [0.1, 0.15) is 37.9 Å². The first-order valence-corrected chi connectivity index (χ1v) is 15.6. The molecule has 0 radical (unpaired) electrons. The van der Waals surface area contributed by atoms with E-state index in [1.807, 2.05) is 59.3 Å². The SMILES string of the molecule is C=CC(=O)OCCOCCOc1ccc(/C(S)=C/SNS/C=C(\S)c2ccc(OCCOCCOC(=O)C=C)cc2)cc1. The Morgan fingerprint density at radius 1 is 0.628 bits per heavy atom. The van der Waals surface area contributed by atoms with Gasteiger partial charge < -0.3 is 28.4 Å². The van der Waals surface area contributed by atoms with Gasteiger partial charge in [0.2, 0.25) is 0 Å². The molecule has 13 heteroatoms. The minimum Gasteiger partial charge on any atom is -0.491 e. The molecule has 0 aromatic heterocycles. The van der Waals surface area contributed by atoms with Crippen LogP contribution in [0.3, 0.4) is 0 Å². The average Bonchev–Trinajstić information content (AvgIpc) is 3.03. The molecule has 0 spiro atoms. The number of carbonyl (C=O) groups is 2. The van der Waals surface area contributed by atoms with Crippen LogP contribution in [-0.4, -0.2) is 64.8 Å². The Kier molecular flexibility index (Phi) is 19.2. The molecule has 2 aromatic rings. The second kappa shape index (κ2) is 22.7. The lowest BCUT2D eigenvalue weighted by Gasteiger charge is -2.08. The van der Waals surface area contributed by atoms with E-state index in [9.17, 15) is 9.59 Å². The second-order valence-electron chi connectivity index (χ2n) is 8.04. The molecule has 2 rings (SSSR count). The fourth-order valence-corrected chi connectivity index (χ4v) is 4.65. The zero-order chi connectivity index (χ0) is 31.1. The van der Waals surface area contributed by atoms with Crippen molar-refractivity contribution >= 4 is 70.9 Å². The summed E-state index contributed by atoms with van der Waals surface area (Å²) >= 11 is 11.9. The molecule has 9 nitrogen and oxygen atoms in total. The summed E-state index contributed by atoms with van der Waals surface area (Å²) in [6, 6.07) is 15.2. The quantitative estimate of drug-likeness (QED) is 0.0456. The van der Waals surface area contributed by atoms with E-state index < -0.39 is 11.9 Å². The summed E-state index contributed by atoms with van der Waals surface area (Å²) < 4.78 is 34.8. The standard InChI is InChI=1S/C30H35NO8S4/c1-3-29(32)38-19-15-34-13-17-36-25-9-5-23(6-10-25)27(40)21-42-31-43-22-28(41)24-7-11-26(12-8-24)37-18-14-35-16-20-39-30(33)4-2/h3-12,21-22,31,40-41H,1-2,13-20H2/b27-21-,28-22-. The van der Waals surface area contributed by atoms with Gasteiger partial charge >= 0.3 is 11.9 Å². The highest BCUT2D eigenvalue weighted by molar-refractivity contribution is 8.16. The van der Waals surface area contributed by atoms with Gasteiger partial charge in [-0.15, -0.1) is 25.3 Å². The smallest absolute Gasteiger partial charge is 0.330 e. The molecule has 43 heavy (non-hydrogen) atoms. The van der Waals surface area contributed by atoms with Crippen LogP contribution in [0.4, 0.5) is 0 Å². The molecule has 0 unspecified atom stereocenters. The van der Waals surface area contributed by atoms with E-state index in [0.717, 1.165) is 33.1 Å². The molecule has 0 fully saturated rings. The third-order valence-corrected chi connectivity index (χ3v) is 7.61. The maximum atomic E-state index is 10.9. The number of ether oxygens (including phenoxy) is 6. The molecule has 0 amide bonds. The summed E-state index contributed by atoms with van der Waals surface area (Å²) in [5.41, 5.74) is 1.90. The zero-order valence-electron chi connectivity index (χ0n) is 23.5. The Labute approximate surface area is 272 Å². The third kappa shape index (κ3) is 16.6. The predicted octanol–water partition coefficient (Wildman–Crippen LogP) is 5.98. The highest BCUT2D eigenvalue weighted by atomic mass is 32.2. The number of nitrogens with one attached hydrogen (secondary N) is 1. The van der Waals surface area contributed by atoms with Crippen molar-refractivity contribution in [1.29, 1.82) is 0 Å². The van der Waals surface area contributed by atoms with Crippen molar-refractivity contribution in [2.75, 3.05) is 52.9 Å². The average molecular weight is 666 g/mol. The van der Waals surface area contributed by atoms with E-state index in [0.29, 0.717) is 51.1 Å². The van der Waals surface area contributed by atoms with Crippen molar-refractivity contribution in [1.82, 2.24) is 4.13 Å². The van der Waals surface area contributed by atoms with Crippen molar-refractivity contribution in [2.45, 2.75) is 0 Å². The van der Waals surface area contributed by atoms with Gasteiger partial charge in [-0.1, -0.05) is 37.4 Å². The Hall–Kier alpha value is -2.78. The monoisotopic (exact) mass is 665 g/mol. The number of benzene rings is 2. The second-order valence-corrected chi connectivity index (χ2v) is 10.6. The lowest BCUT2D eigenvalue weighted by atomic mass is 10.2. The highest BCUT2D eigenvalue weighted by Gasteiger charge is 2.02. The Morgan fingerprint density at radius 3 is 1.37 bits per heavy atom. The molecule has 0 aliphatic heterocycles. The Bertz CT molecular complexity index is 1110. The van der Waals surface area contributed by atoms with Crippen LogP contribution in [0.1, 0.15) is 11.1 Å².